The van der Waals surface area contributed by atoms with Gasteiger partial charge in [-0.3, -0.25) is 19.2 Å². The van der Waals surface area contributed by atoms with Crippen molar-refractivity contribution in [1.29, 1.82) is 0 Å². The molecule has 4 aromatic carbocycles. The van der Waals surface area contributed by atoms with Crippen molar-refractivity contribution >= 4 is 125 Å². The van der Waals surface area contributed by atoms with E-state index in [1.807, 2.05) is 73.8 Å². The highest BCUT2D eigenvalue weighted by Gasteiger charge is 2.31. The van der Waals surface area contributed by atoms with E-state index in [9.17, 15) is 19.2 Å². The number of likely N-dealkylation sites (N-methyl/N-ethyl adjacent to an activating group) is 4. The molecule has 4 saturated heterocycles. The number of hydrogen-bond donors (Lipinski definition) is 0. The zero-order chi connectivity index (χ0) is 67.6. The Labute approximate surface area is 595 Å². The highest BCUT2D eigenvalue weighted by atomic mass is 35.5. The molecule has 8 aliphatic heterocycles. The fourth-order valence-corrected chi connectivity index (χ4v) is 17.5. The van der Waals surface area contributed by atoms with Crippen LogP contribution in [0.2, 0.25) is 20.1 Å². The lowest BCUT2D eigenvalue weighted by Crippen LogP contribution is -2.42. The molecular formula is C75H94Cl4N12O5S. The van der Waals surface area contributed by atoms with Crippen LogP contribution >= 0.6 is 58.2 Å². The summed E-state index contributed by atoms with van der Waals surface area (Å²) < 4.78 is 14.3. The summed E-state index contributed by atoms with van der Waals surface area (Å²) in [4.78, 5) is 68.5. The third-order valence-electron chi connectivity index (χ3n) is 21.4. The zero-order valence-corrected chi connectivity index (χ0v) is 61.0. The molecule has 16 rings (SSSR count). The van der Waals surface area contributed by atoms with Gasteiger partial charge in [0, 0.05) is 228 Å². The number of fused-ring (bicyclic) bond motifs is 12. The van der Waals surface area contributed by atoms with E-state index in [-0.39, 0.29) is 23.6 Å². The van der Waals surface area contributed by atoms with Gasteiger partial charge < -0.3 is 62.2 Å². The van der Waals surface area contributed by atoms with Gasteiger partial charge in [-0.1, -0.05) is 53.3 Å². The van der Waals surface area contributed by atoms with E-state index < -0.39 is 0 Å². The summed E-state index contributed by atoms with van der Waals surface area (Å²) in [6.45, 7) is 19.9. The number of aromatic nitrogens is 4. The van der Waals surface area contributed by atoms with Crippen LogP contribution < -0.4 is 0 Å². The Hall–Kier alpha value is -5.77. The quantitative estimate of drug-likeness (QED) is 0.145. The lowest BCUT2D eigenvalue weighted by Gasteiger charge is -2.31. The Kier molecular flexibility index (Phi) is 22.3. The minimum Gasteiger partial charge on any atom is -0.378 e. The van der Waals surface area contributed by atoms with Crippen molar-refractivity contribution in [1.82, 2.24) is 57.5 Å². The van der Waals surface area contributed by atoms with Gasteiger partial charge in [-0.2, -0.15) is 11.8 Å². The molecule has 4 fully saturated rings. The molecule has 0 atom stereocenters. The number of carbonyl (C=O) groups is 4. The van der Waals surface area contributed by atoms with Crippen LogP contribution in [0.4, 0.5) is 0 Å². The third kappa shape index (κ3) is 15.6. The topological polar surface area (TPSA) is 123 Å². The average molecular weight is 1420 g/mol. The highest BCUT2D eigenvalue weighted by Crippen LogP contribution is 2.38. The van der Waals surface area contributed by atoms with E-state index in [0.717, 1.165) is 203 Å². The maximum absolute atomic E-state index is 12.9. The van der Waals surface area contributed by atoms with Gasteiger partial charge in [-0.25, -0.2) is 0 Å². The molecule has 0 radical (unpaired) electrons. The van der Waals surface area contributed by atoms with Gasteiger partial charge in [-0.05, 0) is 161 Å². The summed E-state index contributed by atoms with van der Waals surface area (Å²) in [7, 11) is 8.58. The van der Waals surface area contributed by atoms with E-state index in [2.05, 4.69) is 103 Å². The highest BCUT2D eigenvalue weighted by molar-refractivity contribution is 7.99. The summed E-state index contributed by atoms with van der Waals surface area (Å²) in [5, 5.41) is 7.81. The van der Waals surface area contributed by atoms with Crippen LogP contribution in [-0.2, 0) is 102 Å². The first-order valence-electron chi connectivity index (χ1n) is 35.1. The van der Waals surface area contributed by atoms with Crippen molar-refractivity contribution in [3.05, 3.63) is 138 Å². The fraction of sp³-hybridized carbons (Fsp3) is 0.520. The number of likely N-dealkylation sites (tertiary alicyclic amines) is 2. The predicted molar refractivity (Wildman–Crippen MR) is 395 cm³/mol. The summed E-state index contributed by atoms with van der Waals surface area (Å²) in [6.07, 6.45) is 9.70. The third-order valence-corrected chi connectivity index (χ3v) is 23.3. The Morgan fingerprint density at radius 1 is 0.392 bits per heavy atom. The maximum atomic E-state index is 12.9. The van der Waals surface area contributed by atoms with Gasteiger partial charge in [0.1, 0.15) is 26.2 Å². The van der Waals surface area contributed by atoms with Crippen molar-refractivity contribution in [2.75, 3.05) is 131 Å². The van der Waals surface area contributed by atoms with Crippen LogP contribution in [0, 0.1) is 5.92 Å². The number of benzene rings is 4. The van der Waals surface area contributed by atoms with E-state index in [4.69, 9.17) is 51.1 Å². The molecule has 4 aromatic heterocycles. The molecule has 12 heterocycles. The van der Waals surface area contributed by atoms with Crippen LogP contribution in [0.1, 0.15) is 84.1 Å². The predicted octanol–water partition coefficient (Wildman–Crippen LogP) is 11.8. The average Bonchev–Trinajstić information content (AvgIpc) is 1.64. The minimum atomic E-state index is 0.173. The van der Waals surface area contributed by atoms with Crippen molar-refractivity contribution < 1.29 is 23.9 Å². The number of morpholine rings is 1. The maximum Gasteiger partial charge on any atom is 0.242 e. The summed E-state index contributed by atoms with van der Waals surface area (Å²) in [5.41, 5.74) is 15.1. The van der Waals surface area contributed by atoms with E-state index in [1.54, 1.807) is 0 Å². The monoisotopic (exact) mass is 1410 g/mol. The minimum absolute atomic E-state index is 0.173. The molecule has 518 valence electrons. The Morgan fingerprint density at radius 3 is 1.00 bits per heavy atom. The molecule has 4 amide bonds. The van der Waals surface area contributed by atoms with Crippen LogP contribution in [0.15, 0.2) is 72.8 Å². The van der Waals surface area contributed by atoms with E-state index in [0.29, 0.717) is 52.5 Å². The van der Waals surface area contributed by atoms with Crippen LogP contribution in [0.5, 0.6) is 0 Å². The molecule has 0 bridgehead atoms. The van der Waals surface area contributed by atoms with Gasteiger partial charge in [0.25, 0.3) is 0 Å². The van der Waals surface area contributed by atoms with Gasteiger partial charge in [0.05, 0.1) is 13.2 Å². The molecular weight excluding hydrogens is 1320 g/mol. The number of nitrogens with zero attached hydrogens (tertiary/aromatic N) is 12. The number of rotatable bonds is 8. The number of hydrogen-bond acceptors (Lipinski definition) is 10. The first-order chi connectivity index (χ1) is 46.9. The standard InChI is InChI=1S/C20H26ClN3O.C19H24ClN3O.C18H22ClN3O2.C18H22ClN3OS/c1-14-5-9-23(10-6-14)20(25)13-24-18-4-3-15(21)11-16(18)17-12-22(2)8-7-19(17)24;1-21-10-7-18-16(12-21)15-11-14(20)5-6-17(15)23(18)13-19(24)22-8-3-2-4-9-22;2*1-20-5-4-17-15(11-20)14-10-13(19)2-3-16(14)22(17)12-18(23)21-6-8-24-9-7-21/h3-4,11,14H,5-10,12-13H2,1-2H3;5-6,11H,2-4,7-10,12-13H2,1H3;2*2-3,10H,4-9,11-12H2,1H3. The Bertz CT molecular complexity index is 3900. The number of piperidine rings is 2. The lowest BCUT2D eigenvalue weighted by molar-refractivity contribution is -0.136. The first kappa shape index (κ1) is 69.7. The molecule has 22 heteroatoms. The number of halogens is 4. The molecule has 97 heavy (non-hydrogen) atoms. The molecule has 0 aliphatic carbocycles. The van der Waals surface area contributed by atoms with Gasteiger partial charge >= 0.3 is 0 Å². The Balaban J connectivity index is 0.000000117. The number of ether oxygens (including phenoxy) is 1. The molecule has 8 aliphatic rings. The van der Waals surface area contributed by atoms with Crippen LogP contribution in [0.3, 0.4) is 0 Å². The number of carbonyl (C=O) groups excluding carboxylic acids is 4. The second kappa shape index (κ2) is 31.0. The zero-order valence-electron chi connectivity index (χ0n) is 57.2. The van der Waals surface area contributed by atoms with Crippen LogP contribution in [0.25, 0.3) is 43.6 Å². The smallest absolute Gasteiger partial charge is 0.242 e. The summed E-state index contributed by atoms with van der Waals surface area (Å²) in [6, 6.07) is 24.1. The molecule has 17 nitrogen and oxygen atoms in total. The largest absolute Gasteiger partial charge is 0.378 e. The van der Waals surface area contributed by atoms with Gasteiger partial charge in [0.15, 0.2) is 0 Å². The molecule has 0 saturated carbocycles. The van der Waals surface area contributed by atoms with E-state index in [1.165, 1.54) is 73.0 Å². The van der Waals surface area contributed by atoms with Gasteiger partial charge in [-0.15, -0.1) is 0 Å². The first-order valence-corrected chi connectivity index (χ1v) is 37.8. The molecule has 0 N–H and O–H groups in total. The summed E-state index contributed by atoms with van der Waals surface area (Å²) >= 11 is 26.9. The molecule has 0 spiro atoms. The van der Waals surface area contributed by atoms with E-state index >= 15 is 0 Å². The lowest BCUT2D eigenvalue weighted by atomic mass is 9.99. The van der Waals surface area contributed by atoms with Crippen molar-refractivity contribution in [2.45, 2.75) is 117 Å². The Morgan fingerprint density at radius 2 is 0.680 bits per heavy atom. The number of amides is 4. The second-order valence-corrected chi connectivity index (χ2v) is 31.1. The molecule has 8 aromatic rings. The normalized spacial score (nSPS) is 19.0. The van der Waals surface area contributed by atoms with Crippen molar-refractivity contribution in [3.63, 3.8) is 0 Å². The second-order valence-electron chi connectivity index (χ2n) is 28.1. The van der Waals surface area contributed by atoms with Crippen molar-refractivity contribution in [2.24, 2.45) is 5.92 Å². The molecule has 0 unspecified atom stereocenters. The SMILES string of the molecule is CC1CCN(C(=O)Cn2c3c(c4cc(Cl)ccc42)CN(C)CC3)CC1.CN1CCc2c(c3cc(Cl)ccc3n2CC(=O)N2CCCCC2)C1.CN1CCc2c(c3cc(Cl)ccc3n2CC(=O)N2CCOCC2)C1.CN1CCc2c(c3cc(Cl)ccc3n2CC(=O)N2CCSCC2)C1. The summed E-state index contributed by atoms with van der Waals surface area (Å²) in [5.74, 6) is 3.76. The fourth-order valence-electron chi connectivity index (χ4n) is 15.9. The number of thioether (sulfide) groups is 1. The van der Waals surface area contributed by atoms with Crippen LogP contribution in [-0.4, -0.2) is 213 Å². The van der Waals surface area contributed by atoms with Gasteiger partial charge in [0.2, 0.25) is 23.6 Å². The van der Waals surface area contributed by atoms with Crippen molar-refractivity contribution in [3.8, 4) is 0 Å².